The van der Waals surface area contributed by atoms with Gasteiger partial charge in [0, 0.05) is 18.3 Å². The largest absolute Gasteiger partial charge is 0.382 e. The molecule has 0 bridgehead atoms. The highest BCUT2D eigenvalue weighted by atomic mass is 35.5. The summed E-state index contributed by atoms with van der Waals surface area (Å²) in [4.78, 5) is 4.11. The number of nitrogens with two attached hydrogens (primary N) is 1. The van der Waals surface area contributed by atoms with Crippen LogP contribution in [0.5, 0.6) is 0 Å². The maximum atomic E-state index is 6.12. The van der Waals surface area contributed by atoms with Crippen LogP contribution in [-0.4, -0.2) is 17.1 Å². The van der Waals surface area contributed by atoms with Crippen molar-refractivity contribution in [1.29, 1.82) is 0 Å². The molecule has 82 valence electrons. The molecule has 3 N–H and O–H groups in total. The van der Waals surface area contributed by atoms with Crippen molar-refractivity contribution in [1.82, 2.24) is 4.98 Å². The highest BCUT2D eigenvalue weighted by Gasteiger charge is 2.32. The molecular formula is C11H16ClN3. The first-order valence-electron chi connectivity index (χ1n) is 5.25. The number of hydrogen-bond donors (Lipinski definition) is 2. The lowest BCUT2D eigenvalue weighted by atomic mass is 9.78. The number of nitrogens with one attached hydrogen (secondary N) is 1. The van der Waals surface area contributed by atoms with Crippen molar-refractivity contribution in [3.05, 3.63) is 23.0 Å². The number of aromatic nitrogens is 1. The molecule has 0 radical (unpaired) electrons. The van der Waals surface area contributed by atoms with Crippen molar-refractivity contribution in [2.24, 2.45) is 5.73 Å². The van der Waals surface area contributed by atoms with Gasteiger partial charge in [0.2, 0.25) is 0 Å². The van der Waals surface area contributed by atoms with Crippen molar-refractivity contribution in [3.8, 4) is 0 Å². The third-order valence-electron chi connectivity index (χ3n) is 3.04. The van der Waals surface area contributed by atoms with E-state index in [-0.39, 0.29) is 5.54 Å². The molecule has 4 heteroatoms. The molecule has 1 aromatic rings. The van der Waals surface area contributed by atoms with Crippen molar-refractivity contribution in [3.63, 3.8) is 0 Å². The lowest BCUT2D eigenvalue weighted by Gasteiger charge is -2.38. The predicted molar refractivity (Wildman–Crippen MR) is 63.2 cm³/mol. The second kappa shape index (κ2) is 3.99. The van der Waals surface area contributed by atoms with Crippen LogP contribution >= 0.6 is 11.6 Å². The number of pyridine rings is 1. The Bertz CT molecular complexity index is 361. The molecule has 1 fully saturated rings. The van der Waals surface area contributed by atoms with E-state index in [2.05, 4.69) is 10.3 Å². The molecule has 15 heavy (non-hydrogen) atoms. The quantitative estimate of drug-likeness (QED) is 0.830. The zero-order valence-electron chi connectivity index (χ0n) is 8.89. The third kappa shape index (κ3) is 2.24. The smallest absolute Gasteiger partial charge is 0.0849 e. The highest BCUT2D eigenvalue weighted by molar-refractivity contribution is 6.33. The molecule has 1 aliphatic carbocycles. The molecule has 2 rings (SSSR count). The van der Waals surface area contributed by atoms with Crippen LogP contribution in [0.4, 0.5) is 5.69 Å². The number of hydrogen-bond acceptors (Lipinski definition) is 3. The maximum absolute atomic E-state index is 6.12. The minimum Gasteiger partial charge on any atom is -0.382 e. The normalized spacial score (nSPS) is 18.3. The Balaban J connectivity index is 2.01. The van der Waals surface area contributed by atoms with Crippen molar-refractivity contribution in [2.75, 3.05) is 11.9 Å². The van der Waals surface area contributed by atoms with E-state index in [9.17, 15) is 0 Å². The zero-order chi connectivity index (χ0) is 10.9. The minimum atomic E-state index is -0.0273. The van der Waals surface area contributed by atoms with Gasteiger partial charge in [-0.3, -0.25) is 4.98 Å². The van der Waals surface area contributed by atoms with Crippen LogP contribution in [0, 0.1) is 6.92 Å². The Labute approximate surface area is 95.0 Å². The molecule has 0 saturated heterocycles. The lowest BCUT2D eigenvalue weighted by Crippen LogP contribution is -2.52. The highest BCUT2D eigenvalue weighted by Crippen LogP contribution is 2.30. The zero-order valence-corrected chi connectivity index (χ0v) is 9.64. The molecule has 1 heterocycles. The van der Waals surface area contributed by atoms with Crippen molar-refractivity contribution >= 4 is 17.3 Å². The van der Waals surface area contributed by atoms with E-state index < -0.39 is 0 Å². The van der Waals surface area contributed by atoms with Crippen LogP contribution in [0.15, 0.2) is 12.3 Å². The summed E-state index contributed by atoms with van der Waals surface area (Å²) in [5.41, 5.74) is 7.87. The van der Waals surface area contributed by atoms with E-state index in [4.69, 9.17) is 17.3 Å². The van der Waals surface area contributed by atoms with Crippen LogP contribution in [0.3, 0.4) is 0 Å². The maximum Gasteiger partial charge on any atom is 0.0849 e. The Morgan fingerprint density at radius 1 is 1.60 bits per heavy atom. The van der Waals surface area contributed by atoms with E-state index >= 15 is 0 Å². The molecule has 1 aromatic heterocycles. The number of anilines is 1. The van der Waals surface area contributed by atoms with Crippen molar-refractivity contribution < 1.29 is 0 Å². The predicted octanol–water partition coefficient (Wildman–Crippen LogP) is 2.34. The van der Waals surface area contributed by atoms with Gasteiger partial charge in [0.15, 0.2) is 0 Å². The number of nitrogens with zero attached hydrogens (tertiary/aromatic N) is 1. The summed E-state index contributed by atoms with van der Waals surface area (Å²) < 4.78 is 0. The van der Waals surface area contributed by atoms with E-state index in [1.165, 1.54) is 6.42 Å². The van der Waals surface area contributed by atoms with Crippen molar-refractivity contribution in [2.45, 2.75) is 31.7 Å². The summed E-state index contributed by atoms with van der Waals surface area (Å²) in [7, 11) is 0. The summed E-state index contributed by atoms with van der Waals surface area (Å²) in [6.45, 7) is 2.69. The van der Waals surface area contributed by atoms with Gasteiger partial charge in [-0.2, -0.15) is 0 Å². The molecule has 1 saturated carbocycles. The Kier molecular flexibility index (Phi) is 2.85. The summed E-state index contributed by atoms with van der Waals surface area (Å²) in [6, 6.07) is 1.89. The van der Waals surface area contributed by atoms with Gasteiger partial charge in [0.05, 0.1) is 16.4 Å². The van der Waals surface area contributed by atoms with Gasteiger partial charge < -0.3 is 11.1 Å². The van der Waals surface area contributed by atoms with E-state index in [1.807, 2.05) is 13.0 Å². The van der Waals surface area contributed by atoms with Gasteiger partial charge in [0.1, 0.15) is 0 Å². The van der Waals surface area contributed by atoms with Crippen LogP contribution in [0.25, 0.3) is 0 Å². The molecular weight excluding hydrogens is 210 g/mol. The average molecular weight is 226 g/mol. The fourth-order valence-corrected chi connectivity index (χ4v) is 1.94. The Hall–Kier alpha value is -0.800. The summed E-state index contributed by atoms with van der Waals surface area (Å²) in [5, 5.41) is 3.99. The second-order valence-corrected chi connectivity index (χ2v) is 4.71. The molecule has 0 atom stereocenters. The van der Waals surface area contributed by atoms with Crippen LogP contribution in [0.1, 0.15) is 25.0 Å². The first kappa shape index (κ1) is 10.7. The molecule has 1 aliphatic rings. The minimum absolute atomic E-state index is 0.0273. The molecule has 0 unspecified atom stereocenters. The first-order valence-corrected chi connectivity index (χ1v) is 5.62. The summed E-state index contributed by atoms with van der Waals surface area (Å²) in [6.07, 6.45) is 5.19. The first-order chi connectivity index (χ1) is 7.11. The SMILES string of the molecule is Cc1nccc(NCC2(N)CCC2)c1Cl. The molecule has 0 aromatic carbocycles. The van der Waals surface area contributed by atoms with Gasteiger partial charge in [0.25, 0.3) is 0 Å². The fourth-order valence-electron chi connectivity index (χ4n) is 1.76. The molecule has 3 nitrogen and oxygen atoms in total. The van der Waals surface area contributed by atoms with E-state index in [0.29, 0.717) is 5.02 Å². The standard InChI is InChI=1S/C11H16ClN3/c1-8-10(12)9(3-6-14-8)15-7-11(13)4-2-5-11/h3,6H,2,4-5,7,13H2,1H3,(H,14,15). The number of halogens is 1. The molecule has 0 aliphatic heterocycles. The Morgan fingerprint density at radius 3 is 2.93 bits per heavy atom. The number of rotatable bonds is 3. The van der Waals surface area contributed by atoms with E-state index in [0.717, 1.165) is 30.8 Å². The average Bonchev–Trinajstić information content (AvgIpc) is 2.17. The third-order valence-corrected chi connectivity index (χ3v) is 3.52. The van der Waals surface area contributed by atoms with E-state index in [1.54, 1.807) is 6.20 Å². The van der Waals surface area contributed by atoms with Crippen LogP contribution in [0.2, 0.25) is 5.02 Å². The summed E-state index contributed by atoms with van der Waals surface area (Å²) >= 11 is 6.12. The Morgan fingerprint density at radius 2 is 2.33 bits per heavy atom. The molecule has 0 amide bonds. The van der Waals surface area contributed by atoms with Crippen LogP contribution in [-0.2, 0) is 0 Å². The number of aryl methyl sites for hydroxylation is 1. The van der Waals surface area contributed by atoms with Gasteiger partial charge in [-0.05, 0) is 32.3 Å². The fraction of sp³-hybridized carbons (Fsp3) is 0.545. The topological polar surface area (TPSA) is 50.9 Å². The van der Waals surface area contributed by atoms with Crippen LogP contribution < -0.4 is 11.1 Å². The monoisotopic (exact) mass is 225 g/mol. The van der Waals surface area contributed by atoms with Gasteiger partial charge in [-0.1, -0.05) is 11.6 Å². The summed E-state index contributed by atoms with van der Waals surface area (Å²) in [5.74, 6) is 0. The van der Waals surface area contributed by atoms with Gasteiger partial charge in [-0.15, -0.1) is 0 Å². The lowest BCUT2D eigenvalue weighted by molar-refractivity contribution is 0.265. The second-order valence-electron chi connectivity index (χ2n) is 4.33. The van der Waals surface area contributed by atoms with Gasteiger partial charge in [-0.25, -0.2) is 0 Å². The molecule has 0 spiro atoms. The van der Waals surface area contributed by atoms with Gasteiger partial charge >= 0.3 is 0 Å².